The Morgan fingerprint density at radius 3 is 2.80 bits per heavy atom. The smallest absolute Gasteiger partial charge is 0.149 e. The van der Waals surface area contributed by atoms with Gasteiger partial charge in [0, 0.05) is 6.04 Å². The number of nitrogens with zero attached hydrogens (tertiary/aromatic N) is 2. The molecule has 82 valence electrons. The minimum atomic E-state index is 0.393. The Balaban J connectivity index is 2.01. The molecular weight excluding hydrogens is 210 g/mol. The van der Waals surface area contributed by atoms with Crippen molar-refractivity contribution in [3.8, 4) is 0 Å². The molecule has 0 bridgehead atoms. The predicted octanol–water partition coefficient (Wildman–Crippen LogP) is 2.98. The molecule has 1 aliphatic carbocycles. The van der Waals surface area contributed by atoms with Crippen molar-refractivity contribution in [3.63, 3.8) is 0 Å². The van der Waals surface area contributed by atoms with Gasteiger partial charge in [-0.2, -0.15) is 0 Å². The molecule has 0 aromatic carbocycles. The maximum atomic E-state index is 5.77. The lowest BCUT2D eigenvalue weighted by molar-refractivity contribution is 0.387. The highest BCUT2D eigenvalue weighted by molar-refractivity contribution is 6.29. The van der Waals surface area contributed by atoms with E-state index in [-0.39, 0.29) is 0 Å². The second-order valence-electron chi connectivity index (χ2n) is 4.79. The van der Waals surface area contributed by atoms with Crippen LogP contribution in [0.3, 0.4) is 0 Å². The van der Waals surface area contributed by atoms with Gasteiger partial charge < -0.3 is 5.32 Å². The molecule has 1 aromatic heterocycles. The van der Waals surface area contributed by atoms with E-state index in [4.69, 9.17) is 11.6 Å². The number of halogens is 1. The fourth-order valence-corrected chi connectivity index (χ4v) is 1.97. The third-order valence-electron chi connectivity index (χ3n) is 3.53. The largest absolute Gasteiger partial charge is 0.365 e. The summed E-state index contributed by atoms with van der Waals surface area (Å²) in [6.07, 6.45) is 4.45. The standard InChI is InChI=1S/C11H16ClN3/c1-7(2)11(3)4-8(11)14-10-6-13-5-9(12)15-10/h5-8H,4H2,1-3H3,(H,14,15). The summed E-state index contributed by atoms with van der Waals surface area (Å²) in [6, 6.07) is 0.505. The summed E-state index contributed by atoms with van der Waals surface area (Å²) in [7, 11) is 0. The van der Waals surface area contributed by atoms with E-state index < -0.39 is 0 Å². The zero-order valence-electron chi connectivity index (χ0n) is 9.29. The van der Waals surface area contributed by atoms with Gasteiger partial charge in [-0.15, -0.1) is 0 Å². The van der Waals surface area contributed by atoms with Crippen LogP contribution in [0.25, 0.3) is 0 Å². The number of anilines is 1. The van der Waals surface area contributed by atoms with Gasteiger partial charge in [-0.1, -0.05) is 32.4 Å². The SMILES string of the molecule is CC(C)C1(C)CC1Nc1cncc(Cl)n1. The number of hydrogen-bond acceptors (Lipinski definition) is 3. The van der Waals surface area contributed by atoms with Gasteiger partial charge in [-0.05, 0) is 17.8 Å². The molecule has 3 nitrogen and oxygen atoms in total. The van der Waals surface area contributed by atoms with Gasteiger partial charge in [-0.25, -0.2) is 4.98 Å². The van der Waals surface area contributed by atoms with E-state index in [1.54, 1.807) is 12.4 Å². The Labute approximate surface area is 95.3 Å². The molecule has 1 saturated carbocycles. The van der Waals surface area contributed by atoms with Crippen LogP contribution in [0.15, 0.2) is 12.4 Å². The lowest BCUT2D eigenvalue weighted by Gasteiger charge is -2.16. The normalized spacial score (nSPS) is 29.3. The predicted molar refractivity (Wildman–Crippen MR) is 62.0 cm³/mol. The number of aromatic nitrogens is 2. The molecule has 1 heterocycles. The number of hydrogen-bond donors (Lipinski definition) is 1. The van der Waals surface area contributed by atoms with Gasteiger partial charge in [0.15, 0.2) is 0 Å². The number of nitrogens with one attached hydrogen (secondary N) is 1. The van der Waals surface area contributed by atoms with Gasteiger partial charge >= 0.3 is 0 Å². The summed E-state index contributed by atoms with van der Waals surface area (Å²) in [6.45, 7) is 6.81. The van der Waals surface area contributed by atoms with Gasteiger partial charge in [0.05, 0.1) is 12.4 Å². The molecule has 0 spiro atoms. The van der Waals surface area contributed by atoms with Crippen LogP contribution in [-0.2, 0) is 0 Å². The first-order chi connectivity index (χ1) is 7.02. The molecule has 2 rings (SSSR count). The molecular formula is C11H16ClN3. The van der Waals surface area contributed by atoms with Crippen LogP contribution in [0.1, 0.15) is 27.2 Å². The Hall–Kier alpha value is -0.830. The maximum absolute atomic E-state index is 5.77. The lowest BCUT2D eigenvalue weighted by Crippen LogP contribution is -2.16. The molecule has 0 radical (unpaired) electrons. The topological polar surface area (TPSA) is 37.8 Å². The molecule has 0 aliphatic heterocycles. The molecule has 0 amide bonds. The fourth-order valence-electron chi connectivity index (χ4n) is 1.83. The highest BCUT2D eigenvalue weighted by Crippen LogP contribution is 2.52. The van der Waals surface area contributed by atoms with E-state index in [1.807, 2.05) is 0 Å². The van der Waals surface area contributed by atoms with Crippen molar-refractivity contribution in [2.75, 3.05) is 5.32 Å². The second-order valence-corrected chi connectivity index (χ2v) is 5.18. The minimum Gasteiger partial charge on any atom is -0.365 e. The van der Waals surface area contributed by atoms with E-state index in [1.165, 1.54) is 6.42 Å². The first-order valence-corrected chi connectivity index (χ1v) is 5.64. The Morgan fingerprint density at radius 1 is 1.53 bits per heavy atom. The van der Waals surface area contributed by atoms with Crippen LogP contribution >= 0.6 is 11.6 Å². The van der Waals surface area contributed by atoms with Crippen molar-refractivity contribution in [2.45, 2.75) is 33.2 Å². The summed E-state index contributed by atoms with van der Waals surface area (Å²) < 4.78 is 0. The summed E-state index contributed by atoms with van der Waals surface area (Å²) in [5.41, 5.74) is 0.393. The first kappa shape index (κ1) is 10.7. The van der Waals surface area contributed by atoms with Crippen molar-refractivity contribution in [2.24, 2.45) is 11.3 Å². The van der Waals surface area contributed by atoms with Crippen LogP contribution in [0.2, 0.25) is 5.15 Å². The van der Waals surface area contributed by atoms with Crippen LogP contribution in [0.5, 0.6) is 0 Å². The van der Waals surface area contributed by atoms with Crippen molar-refractivity contribution in [3.05, 3.63) is 17.5 Å². The Kier molecular flexibility index (Phi) is 2.59. The average molecular weight is 226 g/mol. The monoisotopic (exact) mass is 225 g/mol. The molecule has 4 heteroatoms. The molecule has 1 N–H and O–H groups in total. The van der Waals surface area contributed by atoms with Crippen LogP contribution < -0.4 is 5.32 Å². The van der Waals surface area contributed by atoms with Crippen molar-refractivity contribution in [1.82, 2.24) is 9.97 Å². The van der Waals surface area contributed by atoms with Crippen molar-refractivity contribution in [1.29, 1.82) is 0 Å². The molecule has 1 aromatic rings. The average Bonchev–Trinajstić information content (AvgIpc) is 2.78. The Morgan fingerprint density at radius 2 is 2.27 bits per heavy atom. The fraction of sp³-hybridized carbons (Fsp3) is 0.636. The van der Waals surface area contributed by atoms with E-state index in [0.29, 0.717) is 22.5 Å². The molecule has 0 saturated heterocycles. The van der Waals surface area contributed by atoms with Gasteiger partial charge in [0.1, 0.15) is 11.0 Å². The van der Waals surface area contributed by atoms with Crippen LogP contribution in [0, 0.1) is 11.3 Å². The van der Waals surface area contributed by atoms with Crippen molar-refractivity contribution < 1.29 is 0 Å². The van der Waals surface area contributed by atoms with Crippen molar-refractivity contribution >= 4 is 17.4 Å². The quantitative estimate of drug-likeness (QED) is 0.860. The summed E-state index contributed by atoms with van der Waals surface area (Å²) in [5.74, 6) is 1.46. The van der Waals surface area contributed by atoms with E-state index in [0.717, 1.165) is 5.82 Å². The molecule has 1 fully saturated rings. The second kappa shape index (κ2) is 3.63. The number of rotatable bonds is 3. The zero-order chi connectivity index (χ0) is 11.1. The highest BCUT2D eigenvalue weighted by atomic mass is 35.5. The molecule has 15 heavy (non-hydrogen) atoms. The van der Waals surface area contributed by atoms with Gasteiger partial charge in [0.25, 0.3) is 0 Å². The third kappa shape index (κ3) is 2.07. The minimum absolute atomic E-state index is 0.393. The Bertz CT molecular complexity index is 367. The van der Waals surface area contributed by atoms with Crippen LogP contribution in [-0.4, -0.2) is 16.0 Å². The first-order valence-electron chi connectivity index (χ1n) is 5.26. The van der Waals surface area contributed by atoms with E-state index in [9.17, 15) is 0 Å². The van der Waals surface area contributed by atoms with Gasteiger partial charge in [0.2, 0.25) is 0 Å². The summed E-state index contributed by atoms with van der Waals surface area (Å²) >= 11 is 5.77. The van der Waals surface area contributed by atoms with Gasteiger partial charge in [-0.3, -0.25) is 4.98 Å². The lowest BCUT2D eigenvalue weighted by atomic mass is 9.94. The molecule has 1 aliphatic rings. The third-order valence-corrected chi connectivity index (χ3v) is 3.71. The van der Waals surface area contributed by atoms with Crippen LogP contribution in [0.4, 0.5) is 5.82 Å². The van der Waals surface area contributed by atoms with E-state index >= 15 is 0 Å². The highest BCUT2D eigenvalue weighted by Gasteiger charge is 2.52. The molecule has 2 unspecified atom stereocenters. The van der Waals surface area contributed by atoms with E-state index in [2.05, 4.69) is 36.1 Å². The summed E-state index contributed by atoms with van der Waals surface area (Å²) in [4.78, 5) is 8.17. The zero-order valence-corrected chi connectivity index (χ0v) is 10.0. The molecule has 2 atom stereocenters. The maximum Gasteiger partial charge on any atom is 0.149 e. The summed E-state index contributed by atoms with van der Waals surface area (Å²) in [5, 5.41) is 3.81.